The van der Waals surface area contributed by atoms with E-state index < -0.39 is 0 Å². The molecule has 1 N–H and O–H groups in total. The summed E-state index contributed by atoms with van der Waals surface area (Å²) in [7, 11) is 1.69. The molecule has 2 aromatic carbocycles. The number of benzene rings is 2. The summed E-state index contributed by atoms with van der Waals surface area (Å²) in [6.45, 7) is 1.59. The van der Waals surface area contributed by atoms with Gasteiger partial charge in [-0.3, -0.25) is 0 Å². The summed E-state index contributed by atoms with van der Waals surface area (Å²) < 4.78 is 5.33. The van der Waals surface area contributed by atoms with Crippen LogP contribution in [0.5, 0.6) is 5.75 Å². The molecule has 0 radical (unpaired) electrons. The topological polar surface area (TPSA) is 21.3 Å². The highest BCUT2D eigenvalue weighted by atomic mass is 35.5. The molecule has 2 aromatic rings. The third kappa shape index (κ3) is 4.14. The maximum Gasteiger partial charge on any atom is 0.122 e. The van der Waals surface area contributed by atoms with Crippen LogP contribution in [-0.2, 0) is 13.0 Å². The Morgan fingerprint density at radius 2 is 1.85 bits per heavy atom. The van der Waals surface area contributed by atoms with Crippen LogP contribution in [0.3, 0.4) is 0 Å². The fourth-order valence-corrected chi connectivity index (χ4v) is 2.50. The van der Waals surface area contributed by atoms with Crippen molar-refractivity contribution in [3.8, 4) is 5.75 Å². The van der Waals surface area contributed by atoms with Crippen molar-refractivity contribution in [2.75, 3.05) is 13.7 Å². The highest BCUT2D eigenvalue weighted by Crippen LogP contribution is 2.21. The number of halogens is 2. The van der Waals surface area contributed by atoms with Gasteiger partial charge in [-0.1, -0.05) is 47.5 Å². The molecule has 0 saturated heterocycles. The molecule has 0 aromatic heterocycles. The fourth-order valence-electron chi connectivity index (χ4n) is 2.02. The number of para-hydroxylation sites is 1. The zero-order chi connectivity index (χ0) is 14.4. The van der Waals surface area contributed by atoms with E-state index in [-0.39, 0.29) is 0 Å². The average molecular weight is 310 g/mol. The van der Waals surface area contributed by atoms with Crippen LogP contribution < -0.4 is 10.1 Å². The first-order valence-electron chi connectivity index (χ1n) is 6.47. The van der Waals surface area contributed by atoms with Gasteiger partial charge in [-0.05, 0) is 42.3 Å². The van der Waals surface area contributed by atoms with Crippen molar-refractivity contribution in [3.63, 3.8) is 0 Å². The highest BCUT2D eigenvalue weighted by molar-refractivity contribution is 6.35. The van der Waals surface area contributed by atoms with E-state index in [9.17, 15) is 0 Å². The number of hydrogen-bond acceptors (Lipinski definition) is 2. The molecule has 0 spiro atoms. The Morgan fingerprint density at radius 1 is 1.05 bits per heavy atom. The predicted molar refractivity (Wildman–Crippen MR) is 84.9 cm³/mol. The van der Waals surface area contributed by atoms with E-state index in [1.165, 1.54) is 5.56 Å². The minimum atomic E-state index is 0.660. The maximum absolute atomic E-state index is 6.13. The third-order valence-corrected chi connectivity index (χ3v) is 3.68. The number of ether oxygens (including phenoxy) is 1. The minimum absolute atomic E-state index is 0.660. The van der Waals surface area contributed by atoms with E-state index in [2.05, 4.69) is 11.4 Å². The van der Waals surface area contributed by atoms with Gasteiger partial charge in [0.25, 0.3) is 0 Å². The molecule has 0 amide bonds. The van der Waals surface area contributed by atoms with Crippen molar-refractivity contribution in [1.82, 2.24) is 5.32 Å². The number of hydrogen-bond donors (Lipinski definition) is 1. The van der Waals surface area contributed by atoms with Crippen molar-refractivity contribution in [2.45, 2.75) is 13.0 Å². The lowest BCUT2D eigenvalue weighted by Gasteiger charge is -2.10. The van der Waals surface area contributed by atoms with Crippen LogP contribution in [0.15, 0.2) is 42.5 Å². The van der Waals surface area contributed by atoms with E-state index in [1.807, 2.05) is 30.3 Å². The number of rotatable bonds is 6. The van der Waals surface area contributed by atoms with Crippen LogP contribution in [0.25, 0.3) is 0 Å². The predicted octanol–water partition coefficient (Wildman–Crippen LogP) is 4.33. The van der Waals surface area contributed by atoms with E-state index in [0.29, 0.717) is 10.0 Å². The molecule has 0 unspecified atom stereocenters. The van der Waals surface area contributed by atoms with Gasteiger partial charge in [0.15, 0.2) is 0 Å². The van der Waals surface area contributed by atoms with E-state index in [4.69, 9.17) is 27.9 Å². The monoisotopic (exact) mass is 309 g/mol. The summed E-state index contributed by atoms with van der Waals surface area (Å²) in [5.41, 5.74) is 2.25. The molecule has 0 heterocycles. The quantitative estimate of drug-likeness (QED) is 0.802. The molecular formula is C16H17Cl2NO. The smallest absolute Gasteiger partial charge is 0.122 e. The lowest BCUT2D eigenvalue weighted by molar-refractivity contribution is 0.409. The normalized spacial score (nSPS) is 10.6. The van der Waals surface area contributed by atoms with Crippen molar-refractivity contribution in [2.24, 2.45) is 0 Å². The SMILES string of the molecule is COc1ccccc1CCNCc1ccc(Cl)cc1Cl. The van der Waals surface area contributed by atoms with Crippen LogP contribution >= 0.6 is 23.2 Å². The first-order chi connectivity index (χ1) is 9.70. The van der Waals surface area contributed by atoms with Crippen LogP contribution in [-0.4, -0.2) is 13.7 Å². The molecule has 0 fully saturated rings. The molecule has 0 bridgehead atoms. The van der Waals surface area contributed by atoms with Gasteiger partial charge in [-0.15, -0.1) is 0 Å². The molecular weight excluding hydrogens is 293 g/mol. The van der Waals surface area contributed by atoms with Crippen molar-refractivity contribution >= 4 is 23.2 Å². The second-order valence-corrected chi connectivity index (χ2v) is 5.32. The van der Waals surface area contributed by atoms with Crippen LogP contribution in [0.2, 0.25) is 10.0 Å². The summed E-state index contributed by atoms with van der Waals surface area (Å²) >= 11 is 12.0. The largest absolute Gasteiger partial charge is 0.496 e. The summed E-state index contributed by atoms with van der Waals surface area (Å²) in [4.78, 5) is 0. The van der Waals surface area contributed by atoms with Crippen molar-refractivity contribution in [3.05, 3.63) is 63.6 Å². The van der Waals surface area contributed by atoms with Gasteiger partial charge in [0.2, 0.25) is 0 Å². The Morgan fingerprint density at radius 3 is 2.60 bits per heavy atom. The molecule has 0 saturated carbocycles. The maximum atomic E-state index is 6.13. The molecule has 2 nitrogen and oxygen atoms in total. The van der Waals surface area contributed by atoms with Crippen molar-refractivity contribution in [1.29, 1.82) is 0 Å². The molecule has 0 aliphatic carbocycles. The Bertz CT molecular complexity index is 572. The lowest BCUT2D eigenvalue weighted by atomic mass is 10.1. The Hall–Kier alpha value is -1.22. The minimum Gasteiger partial charge on any atom is -0.496 e. The average Bonchev–Trinajstić information content (AvgIpc) is 2.46. The van der Waals surface area contributed by atoms with Crippen LogP contribution in [0.4, 0.5) is 0 Å². The fraction of sp³-hybridized carbons (Fsp3) is 0.250. The zero-order valence-electron chi connectivity index (χ0n) is 11.3. The summed E-state index contributed by atoms with van der Waals surface area (Å²) in [5, 5.41) is 4.74. The van der Waals surface area contributed by atoms with Gasteiger partial charge >= 0.3 is 0 Å². The lowest BCUT2D eigenvalue weighted by Crippen LogP contribution is -2.17. The second-order valence-electron chi connectivity index (χ2n) is 4.47. The van der Waals surface area contributed by atoms with Gasteiger partial charge < -0.3 is 10.1 Å². The van der Waals surface area contributed by atoms with Gasteiger partial charge in [-0.2, -0.15) is 0 Å². The Labute approximate surface area is 129 Å². The molecule has 0 aliphatic rings. The van der Waals surface area contributed by atoms with Gasteiger partial charge in [0.1, 0.15) is 5.75 Å². The zero-order valence-corrected chi connectivity index (χ0v) is 12.8. The summed E-state index contributed by atoms with van der Waals surface area (Å²) in [6, 6.07) is 13.6. The number of methoxy groups -OCH3 is 1. The standard InChI is InChI=1S/C16H17Cl2NO/c1-20-16-5-3-2-4-12(16)8-9-19-11-13-6-7-14(17)10-15(13)18/h2-7,10,19H,8-9,11H2,1H3. The Balaban J connectivity index is 1.84. The molecule has 0 atom stereocenters. The summed E-state index contributed by atoms with van der Waals surface area (Å²) in [6.07, 6.45) is 0.912. The molecule has 4 heteroatoms. The highest BCUT2D eigenvalue weighted by Gasteiger charge is 2.03. The summed E-state index contributed by atoms with van der Waals surface area (Å²) in [5.74, 6) is 0.929. The van der Waals surface area contributed by atoms with Gasteiger partial charge in [0.05, 0.1) is 7.11 Å². The molecule has 106 valence electrons. The third-order valence-electron chi connectivity index (χ3n) is 3.09. The van der Waals surface area contributed by atoms with E-state index >= 15 is 0 Å². The second kappa shape index (κ2) is 7.53. The van der Waals surface area contributed by atoms with Gasteiger partial charge in [0, 0.05) is 16.6 Å². The number of nitrogens with one attached hydrogen (secondary N) is 1. The van der Waals surface area contributed by atoms with Gasteiger partial charge in [-0.25, -0.2) is 0 Å². The molecule has 0 aliphatic heterocycles. The molecule has 20 heavy (non-hydrogen) atoms. The first-order valence-corrected chi connectivity index (χ1v) is 7.23. The van der Waals surface area contributed by atoms with Crippen molar-refractivity contribution < 1.29 is 4.74 Å². The molecule has 2 rings (SSSR count). The Kier molecular flexibility index (Phi) is 5.72. The van der Waals surface area contributed by atoms with Crippen LogP contribution in [0.1, 0.15) is 11.1 Å². The van der Waals surface area contributed by atoms with Crippen LogP contribution in [0, 0.1) is 0 Å². The first kappa shape index (κ1) is 15.2. The van der Waals surface area contributed by atoms with E-state index in [1.54, 1.807) is 13.2 Å². The van der Waals surface area contributed by atoms with E-state index in [0.717, 1.165) is 30.8 Å².